The molecule has 3 nitrogen and oxygen atoms in total. The summed E-state index contributed by atoms with van der Waals surface area (Å²) in [6, 6.07) is -1.23. The third kappa shape index (κ3) is 1.70. The first-order valence-electron chi connectivity index (χ1n) is 3.99. The molecule has 1 aromatic rings. The molecular formula is C8H13F2N3. The Bertz CT molecular complexity index is 307. The number of nitrogens with zero attached hydrogens (tertiary/aromatic N) is 2. The molecule has 1 rings (SSSR count). The Balaban J connectivity index is 3.13. The second-order valence-electron chi connectivity index (χ2n) is 3.07. The molecule has 0 amide bonds. The Morgan fingerprint density at radius 1 is 1.38 bits per heavy atom. The molecule has 1 atom stereocenters. The Morgan fingerprint density at radius 2 is 1.92 bits per heavy atom. The molecule has 2 N–H and O–H groups in total. The van der Waals surface area contributed by atoms with Crippen LogP contribution in [0.5, 0.6) is 0 Å². The number of halogens is 2. The summed E-state index contributed by atoms with van der Waals surface area (Å²) >= 11 is 0. The molecule has 0 spiro atoms. The van der Waals surface area contributed by atoms with Crippen LogP contribution in [-0.2, 0) is 7.05 Å². The molecule has 0 radical (unpaired) electrons. The maximum Gasteiger partial charge on any atom is 0.257 e. The Labute approximate surface area is 75.5 Å². The van der Waals surface area contributed by atoms with E-state index in [9.17, 15) is 8.78 Å². The molecule has 0 aliphatic heterocycles. The molecule has 0 aliphatic carbocycles. The fourth-order valence-electron chi connectivity index (χ4n) is 1.40. The standard InChI is InChI=1S/C8H13F2N3/c1-4-6(7(11)8(9)10)5(2)13(3)12-4/h7-8H,11H2,1-3H3. The minimum Gasteiger partial charge on any atom is -0.319 e. The van der Waals surface area contributed by atoms with Crippen molar-refractivity contribution in [3.8, 4) is 0 Å². The van der Waals surface area contributed by atoms with E-state index in [1.54, 1.807) is 25.6 Å². The summed E-state index contributed by atoms with van der Waals surface area (Å²) in [7, 11) is 1.71. The van der Waals surface area contributed by atoms with Crippen molar-refractivity contribution in [1.29, 1.82) is 0 Å². The molecule has 1 heterocycles. The zero-order chi connectivity index (χ0) is 10.2. The van der Waals surface area contributed by atoms with Gasteiger partial charge in [0.25, 0.3) is 6.43 Å². The molecule has 0 aromatic carbocycles. The summed E-state index contributed by atoms with van der Waals surface area (Å²) in [5, 5.41) is 4.02. The van der Waals surface area contributed by atoms with Gasteiger partial charge in [0.05, 0.1) is 11.7 Å². The van der Waals surface area contributed by atoms with Gasteiger partial charge in [-0.1, -0.05) is 0 Å². The topological polar surface area (TPSA) is 43.8 Å². The van der Waals surface area contributed by atoms with Crippen molar-refractivity contribution in [3.63, 3.8) is 0 Å². The lowest BCUT2D eigenvalue weighted by atomic mass is 10.1. The Hall–Kier alpha value is -0.970. The molecule has 1 aromatic heterocycles. The third-order valence-corrected chi connectivity index (χ3v) is 2.17. The highest BCUT2D eigenvalue weighted by Gasteiger charge is 2.24. The monoisotopic (exact) mass is 189 g/mol. The number of alkyl halides is 2. The quantitative estimate of drug-likeness (QED) is 0.762. The van der Waals surface area contributed by atoms with Gasteiger partial charge in [0.2, 0.25) is 0 Å². The molecule has 74 valence electrons. The predicted molar refractivity (Wildman–Crippen MR) is 45.6 cm³/mol. The van der Waals surface area contributed by atoms with E-state index < -0.39 is 12.5 Å². The van der Waals surface area contributed by atoms with Gasteiger partial charge in [0.1, 0.15) is 0 Å². The first-order chi connectivity index (χ1) is 5.95. The van der Waals surface area contributed by atoms with E-state index >= 15 is 0 Å². The molecule has 0 fully saturated rings. The van der Waals surface area contributed by atoms with Crippen LogP contribution in [-0.4, -0.2) is 16.2 Å². The molecule has 0 bridgehead atoms. The van der Waals surface area contributed by atoms with Crippen LogP contribution in [0.2, 0.25) is 0 Å². The minimum absolute atomic E-state index is 0.456. The first-order valence-corrected chi connectivity index (χ1v) is 3.99. The van der Waals surface area contributed by atoms with Crippen molar-refractivity contribution in [2.75, 3.05) is 0 Å². The number of aromatic nitrogens is 2. The average molecular weight is 189 g/mol. The molecule has 1 unspecified atom stereocenters. The van der Waals surface area contributed by atoms with Gasteiger partial charge in [0.15, 0.2) is 0 Å². The smallest absolute Gasteiger partial charge is 0.257 e. The average Bonchev–Trinajstić information content (AvgIpc) is 2.26. The van der Waals surface area contributed by atoms with Crippen molar-refractivity contribution in [2.45, 2.75) is 26.3 Å². The van der Waals surface area contributed by atoms with Gasteiger partial charge < -0.3 is 5.73 Å². The molecule has 0 saturated carbocycles. The lowest BCUT2D eigenvalue weighted by Gasteiger charge is -2.10. The molecule has 0 saturated heterocycles. The van der Waals surface area contributed by atoms with Crippen molar-refractivity contribution < 1.29 is 8.78 Å². The van der Waals surface area contributed by atoms with Crippen molar-refractivity contribution >= 4 is 0 Å². The van der Waals surface area contributed by atoms with E-state index in [1.807, 2.05) is 0 Å². The summed E-state index contributed by atoms with van der Waals surface area (Å²) in [4.78, 5) is 0. The van der Waals surface area contributed by atoms with Gasteiger partial charge >= 0.3 is 0 Å². The van der Waals surface area contributed by atoms with Crippen molar-refractivity contribution in [2.24, 2.45) is 12.8 Å². The SMILES string of the molecule is Cc1nn(C)c(C)c1C(N)C(F)F. The van der Waals surface area contributed by atoms with Gasteiger partial charge in [-0.2, -0.15) is 5.10 Å². The third-order valence-electron chi connectivity index (χ3n) is 2.17. The Kier molecular flexibility index (Phi) is 2.66. The van der Waals surface area contributed by atoms with Crippen LogP contribution in [0, 0.1) is 13.8 Å². The second-order valence-corrected chi connectivity index (χ2v) is 3.07. The lowest BCUT2D eigenvalue weighted by molar-refractivity contribution is 0.116. The van der Waals surface area contributed by atoms with Crippen LogP contribution in [0.4, 0.5) is 8.78 Å². The van der Waals surface area contributed by atoms with Crippen LogP contribution >= 0.6 is 0 Å². The fourth-order valence-corrected chi connectivity index (χ4v) is 1.40. The zero-order valence-corrected chi connectivity index (χ0v) is 7.88. The van der Waals surface area contributed by atoms with Gasteiger partial charge in [-0.25, -0.2) is 8.78 Å². The highest BCUT2D eigenvalue weighted by Crippen LogP contribution is 2.23. The fraction of sp³-hybridized carbons (Fsp3) is 0.625. The number of hydrogen-bond acceptors (Lipinski definition) is 2. The van der Waals surface area contributed by atoms with Crippen LogP contribution < -0.4 is 5.73 Å². The van der Waals surface area contributed by atoms with E-state index in [1.165, 1.54) is 0 Å². The molecular weight excluding hydrogens is 176 g/mol. The Morgan fingerprint density at radius 3 is 2.23 bits per heavy atom. The number of nitrogens with two attached hydrogens (primary N) is 1. The van der Waals surface area contributed by atoms with Crippen molar-refractivity contribution in [1.82, 2.24) is 9.78 Å². The largest absolute Gasteiger partial charge is 0.319 e. The minimum atomic E-state index is -2.54. The van der Waals surface area contributed by atoms with E-state index in [-0.39, 0.29) is 0 Å². The summed E-state index contributed by atoms with van der Waals surface area (Å²) < 4.78 is 26.2. The summed E-state index contributed by atoms with van der Waals surface area (Å²) in [5.74, 6) is 0. The maximum absolute atomic E-state index is 12.3. The zero-order valence-electron chi connectivity index (χ0n) is 7.88. The van der Waals surface area contributed by atoms with Crippen LogP contribution in [0.1, 0.15) is 23.0 Å². The van der Waals surface area contributed by atoms with Crippen LogP contribution in [0.25, 0.3) is 0 Å². The van der Waals surface area contributed by atoms with Crippen LogP contribution in [0.15, 0.2) is 0 Å². The van der Waals surface area contributed by atoms with Gasteiger partial charge in [-0.05, 0) is 13.8 Å². The predicted octanol–water partition coefficient (Wildman–Crippen LogP) is 1.30. The molecule has 0 aliphatic rings. The number of aryl methyl sites for hydroxylation is 2. The molecule has 5 heteroatoms. The maximum atomic E-state index is 12.3. The van der Waals surface area contributed by atoms with E-state index in [2.05, 4.69) is 5.10 Å². The van der Waals surface area contributed by atoms with Gasteiger partial charge in [0, 0.05) is 18.3 Å². The van der Waals surface area contributed by atoms with E-state index in [4.69, 9.17) is 5.73 Å². The van der Waals surface area contributed by atoms with Gasteiger partial charge in [-0.15, -0.1) is 0 Å². The van der Waals surface area contributed by atoms with Crippen LogP contribution in [0.3, 0.4) is 0 Å². The summed E-state index contributed by atoms with van der Waals surface area (Å²) in [6.45, 7) is 3.42. The van der Waals surface area contributed by atoms with E-state index in [0.29, 0.717) is 17.0 Å². The van der Waals surface area contributed by atoms with Crippen molar-refractivity contribution in [3.05, 3.63) is 17.0 Å². The van der Waals surface area contributed by atoms with E-state index in [0.717, 1.165) is 0 Å². The second kappa shape index (κ2) is 3.41. The molecule has 13 heavy (non-hydrogen) atoms. The first kappa shape index (κ1) is 10.1. The normalized spacial score (nSPS) is 13.8. The highest BCUT2D eigenvalue weighted by molar-refractivity contribution is 5.28. The summed E-state index contributed by atoms with van der Waals surface area (Å²) in [6.07, 6.45) is -2.54. The lowest BCUT2D eigenvalue weighted by Crippen LogP contribution is -2.20. The highest BCUT2D eigenvalue weighted by atomic mass is 19.3. The number of hydrogen-bond donors (Lipinski definition) is 1. The summed E-state index contributed by atoms with van der Waals surface area (Å²) in [5.41, 5.74) is 7.08. The van der Waals surface area contributed by atoms with Gasteiger partial charge in [-0.3, -0.25) is 4.68 Å². The number of rotatable bonds is 2.